The van der Waals surface area contributed by atoms with Gasteiger partial charge < -0.3 is 15.2 Å². The SMILES string of the molecule is NCC1(c2c(Br)cc3c(c2F)OCCO3)CCCCC1. The third kappa shape index (κ3) is 2.21. The summed E-state index contributed by atoms with van der Waals surface area (Å²) in [6.45, 7) is 1.31. The van der Waals surface area contributed by atoms with Crippen LogP contribution in [0.25, 0.3) is 0 Å². The summed E-state index contributed by atoms with van der Waals surface area (Å²) in [6, 6.07) is 1.82. The van der Waals surface area contributed by atoms with E-state index in [2.05, 4.69) is 15.9 Å². The monoisotopic (exact) mass is 343 g/mol. The first-order chi connectivity index (χ1) is 9.68. The van der Waals surface area contributed by atoms with Crippen LogP contribution in [-0.4, -0.2) is 19.8 Å². The van der Waals surface area contributed by atoms with Crippen molar-refractivity contribution in [2.45, 2.75) is 37.5 Å². The normalized spacial score (nSPS) is 20.8. The zero-order valence-corrected chi connectivity index (χ0v) is 13.0. The molecule has 1 aromatic carbocycles. The summed E-state index contributed by atoms with van der Waals surface area (Å²) in [5, 5.41) is 0. The molecule has 2 aliphatic rings. The van der Waals surface area contributed by atoms with E-state index < -0.39 is 0 Å². The summed E-state index contributed by atoms with van der Waals surface area (Å²) >= 11 is 3.51. The summed E-state index contributed by atoms with van der Waals surface area (Å²) < 4.78 is 26.6. The van der Waals surface area contributed by atoms with E-state index in [1.165, 1.54) is 6.42 Å². The van der Waals surface area contributed by atoms with Gasteiger partial charge in [-0.25, -0.2) is 4.39 Å². The Bertz CT molecular complexity index is 515. The molecule has 1 aliphatic carbocycles. The Balaban J connectivity index is 2.12. The van der Waals surface area contributed by atoms with Crippen LogP contribution < -0.4 is 15.2 Å². The Hall–Kier alpha value is -0.810. The molecule has 0 unspecified atom stereocenters. The second-order valence-electron chi connectivity index (χ2n) is 5.62. The van der Waals surface area contributed by atoms with E-state index in [9.17, 15) is 4.39 Å². The molecule has 3 rings (SSSR count). The Kier molecular flexibility index (Phi) is 3.91. The Labute approximate surface area is 126 Å². The van der Waals surface area contributed by atoms with E-state index in [1.54, 1.807) is 0 Å². The molecule has 0 spiro atoms. The number of halogens is 2. The second-order valence-corrected chi connectivity index (χ2v) is 6.47. The molecular formula is C15H19BrFNO2. The van der Waals surface area contributed by atoms with Crippen LogP contribution in [0.15, 0.2) is 10.5 Å². The average molecular weight is 344 g/mol. The van der Waals surface area contributed by atoms with Gasteiger partial charge in [-0.1, -0.05) is 35.2 Å². The van der Waals surface area contributed by atoms with Crippen molar-refractivity contribution >= 4 is 15.9 Å². The summed E-state index contributed by atoms with van der Waals surface area (Å²) in [6.07, 6.45) is 5.25. The highest BCUT2D eigenvalue weighted by atomic mass is 79.9. The van der Waals surface area contributed by atoms with Gasteiger partial charge >= 0.3 is 0 Å². The predicted octanol–water partition coefficient (Wildman–Crippen LogP) is 3.52. The van der Waals surface area contributed by atoms with Gasteiger partial charge in [0.2, 0.25) is 0 Å². The molecule has 1 heterocycles. The molecular weight excluding hydrogens is 325 g/mol. The highest BCUT2D eigenvalue weighted by molar-refractivity contribution is 9.10. The van der Waals surface area contributed by atoms with Gasteiger partial charge in [0.15, 0.2) is 17.3 Å². The molecule has 0 atom stereocenters. The minimum Gasteiger partial charge on any atom is -0.486 e. The predicted molar refractivity (Wildman–Crippen MR) is 78.9 cm³/mol. The lowest BCUT2D eigenvalue weighted by molar-refractivity contribution is 0.162. The lowest BCUT2D eigenvalue weighted by atomic mass is 9.69. The Morgan fingerprint density at radius 2 is 1.90 bits per heavy atom. The third-order valence-corrected chi connectivity index (χ3v) is 5.08. The van der Waals surface area contributed by atoms with Gasteiger partial charge in [-0.15, -0.1) is 0 Å². The van der Waals surface area contributed by atoms with E-state index in [-0.39, 0.29) is 17.0 Å². The van der Waals surface area contributed by atoms with Gasteiger partial charge in [0, 0.05) is 22.0 Å². The summed E-state index contributed by atoms with van der Waals surface area (Å²) in [4.78, 5) is 0. The van der Waals surface area contributed by atoms with Gasteiger partial charge in [0.05, 0.1) is 0 Å². The molecule has 0 bridgehead atoms. The maximum Gasteiger partial charge on any atom is 0.197 e. The van der Waals surface area contributed by atoms with Crippen molar-refractivity contribution in [3.05, 3.63) is 21.9 Å². The molecule has 110 valence electrons. The molecule has 3 nitrogen and oxygen atoms in total. The first-order valence-corrected chi connectivity index (χ1v) is 7.95. The van der Waals surface area contributed by atoms with Gasteiger partial charge in [0.1, 0.15) is 13.2 Å². The minimum absolute atomic E-state index is 0.243. The number of rotatable bonds is 2. The first-order valence-electron chi connectivity index (χ1n) is 7.16. The number of hydrogen-bond acceptors (Lipinski definition) is 3. The largest absolute Gasteiger partial charge is 0.486 e. The maximum atomic E-state index is 14.9. The smallest absolute Gasteiger partial charge is 0.197 e. The summed E-state index contributed by atoms with van der Waals surface area (Å²) in [7, 11) is 0. The van der Waals surface area contributed by atoms with E-state index in [4.69, 9.17) is 15.2 Å². The zero-order valence-electron chi connectivity index (χ0n) is 11.4. The molecule has 1 fully saturated rings. The Morgan fingerprint density at radius 3 is 2.60 bits per heavy atom. The van der Waals surface area contributed by atoms with Gasteiger partial charge in [0.25, 0.3) is 0 Å². The summed E-state index contributed by atoms with van der Waals surface area (Å²) in [5.74, 6) is 0.418. The van der Waals surface area contributed by atoms with Crippen molar-refractivity contribution in [3.63, 3.8) is 0 Å². The number of fused-ring (bicyclic) bond motifs is 1. The fraction of sp³-hybridized carbons (Fsp3) is 0.600. The van der Waals surface area contributed by atoms with Gasteiger partial charge in [-0.3, -0.25) is 0 Å². The van der Waals surface area contributed by atoms with Crippen LogP contribution in [0.5, 0.6) is 11.5 Å². The topological polar surface area (TPSA) is 44.5 Å². The fourth-order valence-corrected chi connectivity index (χ4v) is 4.19. The number of hydrogen-bond donors (Lipinski definition) is 1. The van der Waals surface area contributed by atoms with Crippen molar-refractivity contribution in [2.24, 2.45) is 5.73 Å². The average Bonchev–Trinajstić information content (AvgIpc) is 2.48. The molecule has 1 aromatic rings. The van der Waals surface area contributed by atoms with Crippen LogP contribution in [0.1, 0.15) is 37.7 Å². The lowest BCUT2D eigenvalue weighted by Crippen LogP contribution is -2.38. The van der Waals surface area contributed by atoms with Crippen LogP contribution >= 0.6 is 15.9 Å². The maximum absolute atomic E-state index is 14.9. The van der Waals surface area contributed by atoms with Crippen molar-refractivity contribution in [1.29, 1.82) is 0 Å². The zero-order chi connectivity index (χ0) is 14.2. The number of benzene rings is 1. The number of nitrogens with two attached hydrogens (primary N) is 1. The third-order valence-electron chi connectivity index (χ3n) is 4.46. The summed E-state index contributed by atoms with van der Waals surface area (Å²) in [5.41, 5.74) is 6.41. The molecule has 1 aliphatic heterocycles. The first kappa shape index (κ1) is 14.1. The minimum atomic E-state index is -0.304. The van der Waals surface area contributed by atoms with Crippen LogP contribution in [0.3, 0.4) is 0 Å². The molecule has 1 saturated carbocycles. The molecule has 5 heteroatoms. The van der Waals surface area contributed by atoms with Gasteiger partial charge in [-0.2, -0.15) is 0 Å². The molecule has 20 heavy (non-hydrogen) atoms. The highest BCUT2D eigenvalue weighted by Crippen LogP contribution is 2.48. The van der Waals surface area contributed by atoms with E-state index in [1.807, 2.05) is 6.07 Å². The van der Waals surface area contributed by atoms with Crippen molar-refractivity contribution in [2.75, 3.05) is 19.8 Å². The molecule has 0 radical (unpaired) electrons. The van der Waals surface area contributed by atoms with Crippen LogP contribution in [0.4, 0.5) is 4.39 Å². The van der Waals surface area contributed by atoms with Gasteiger partial charge in [-0.05, 0) is 18.9 Å². The second kappa shape index (κ2) is 5.53. The van der Waals surface area contributed by atoms with Crippen molar-refractivity contribution in [3.8, 4) is 11.5 Å². The quantitative estimate of drug-likeness (QED) is 0.893. The molecule has 2 N–H and O–H groups in total. The van der Waals surface area contributed by atoms with Crippen LogP contribution in [0.2, 0.25) is 0 Å². The fourth-order valence-electron chi connectivity index (χ4n) is 3.39. The number of ether oxygens (including phenoxy) is 2. The van der Waals surface area contributed by atoms with Crippen LogP contribution in [0, 0.1) is 5.82 Å². The Morgan fingerprint density at radius 1 is 1.20 bits per heavy atom. The van der Waals surface area contributed by atoms with E-state index in [0.29, 0.717) is 31.1 Å². The van der Waals surface area contributed by atoms with E-state index >= 15 is 0 Å². The van der Waals surface area contributed by atoms with E-state index in [0.717, 1.165) is 30.2 Å². The molecule has 0 aromatic heterocycles. The highest BCUT2D eigenvalue weighted by Gasteiger charge is 2.39. The standard InChI is InChI=1S/C15H19BrFNO2/c16-10-8-11-14(20-7-6-19-11)13(17)12(10)15(9-18)4-2-1-3-5-15/h8H,1-7,9,18H2. The molecule has 0 amide bonds. The van der Waals surface area contributed by atoms with Crippen LogP contribution in [-0.2, 0) is 5.41 Å². The van der Waals surface area contributed by atoms with Crippen molar-refractivity contribution < 1.29 is 13.9 Å². The van der Waals surface area contributed by atoms with Crippen molar-refractivity contribution in [1.82, 2.24) is 0 Å². The lowest BCUT2D eigenvalue weighted by Gasteiger charge is -2.38. The molecule has 0 saturated heterocycles.